The Balaban J connectivity index is 0.00000507. The summed E-state index contributed by atoms with van der Waals surface area (Å²) in [6.45, 7) is 10.9. The molecule has 0 aliphatic rings. The van der Waals surface area contributed by atoms with Gasteiger partial charge < -0.3 is 0 Å². The fourth-order valence-corrected chi connectivity index (χ4v) is 16.2. The van der Waals surface area contributed by atoms with Crippen molar-refractivity contribution in [2.75, 3.05) is 13.2 Å². The second-order valence-corrected chi connectivity index (χ2v) is 37.9. The summed E-state index contributed by atoms with van der Waals surface area (Å²) < 4.78 is 19.7. The van der Waals surface area contributed by atoms with Crippen LogP contribution >= 0.6 is 22.7 Å². The Morgan fingerprint density at radius 2 is 1.24 bits per heavy atom. The third-order valence-corrected chi connectivity index (χ3v) is 26.0. The zero-order valence-electron chi connectivity index (χ0n) is 26.0. The van der Waals surface area contributed by atoms with Crippen molar-refractivity contribution in [2.24, 2.45) is 11.8 Å². The third-order valence-electron chi connectivity index (χ3n) is 7.61. The molecule has 0 bridgehead atoms. The SMILES string of the molecule is CCCCC(CC)COc1c2c[c]([Sn]([CH3])([CH3])[CH3])sc2c(OCC(CC)CCCC)c2c[c]([Sn]([CH3])[CH3])sc12.[CH3+]. The minimum atomic E-state index is -2.27. The molecule has 6 heteroatoms. The number of rotatable bonds is 16. The van der Waals surface area contributed by atoms with Gasteiger partial charge in [0, 0.05) is 7.43 Å². The summed E-state index contributed by atoms with van der Waals surface area (Å²) in [5.41, 5.74) is 0. The van der Waals surface area contributed by atoms with E-state index in [0.717, 1.165) is 24.7 Å². The fraction of sp³-hybridized carbons (Fsp3) is 0.656. The van der Waals surface area contributed by atoms with Crippen LogP contribution in [0, 0.1) is 19.3 Å². The number of fused-ring (bicyclic) bond motifs is 2. The van der Waals surface area contributed by atoms with Crippen LogP contribution in [0.1, 0.15) is 79.1 Å². The van der Waals surface area contributed by atoms with Crippen molar-refractivity contribution in [3.05, 3.63) is 19.6 Å². The summed E-state index contributed by atoms with van der Waals surface area (Å²) in [6, 6.07) is 5.01. The van der Waals surface area contributed by atoms with E-state index in [-0.39, 0.29) is 7.43 Å². The maximum Gasteiger partial charge on any atom is 0.0467 e. The van der Waals surface area contributed by atoms with Gasteiger partial charge in [0.1, 0.15) is 0 Å². The standard InChI is InChI=1S/C26H36O2S2.6CH3.2Sn/c1-5-9-11-19(7-3)17-27-23-21-13-15-30-26(21)24(22-14-16-29-25(22)23)28-18-20(8-4)12-10-6-2;;;;;;;;/h13-14,19-20H,5-12,17-18H2,1-4H3;6*1H3;;/q;;;;;;+1;;. The number of unbranched alkanes of at least 4 members (excludes halogenated alkanes) is 2. The van der Waals surface area contributed by atoms with Gasteiger partial charge in [-0.2, -0.15) is 0 Å². The number of ether oxygens (including phenoxy) is 2. The van der Waals surface area contributed by atoms with Crippen molar-refractivity contribution in [1.29, 1.82) is 0 Å². The number of hydrogen-bond donors (Lipinski definition) is 0. The van der Waals surface area contributed by atoms with Crippen molar-refractivity contribution in [2.45, 2.75) is 104 Å². The van der Waals surface area contributed by atoms with E-state index >= 15 is 0 Å². The smallest absolute Gasteiger partial charge is 0.0467 e. The monoisotopic (exact) mass is 774 g/mol. The Morgan fingerprint density at radius 1 is 0.763 bits per heavy atom. The van der Waals surface area contributed by atoms with E-state index < -0.39 is 38.1 Å². The summed E-state index contributed by atoms with van der Waals surface area (Å²) in [7, 11) is 0. The van der Waals surface area contributed by atoms with Crippen LogP contribution in [0.2, 0.25) is 24.7 Å². The van der Waals surface area contributed by atoms with Crippen molar-refractivity contribution < 1.29 is 9.47 Å². The van der Waals surface area contributed by atoms with Gasteiger partial charge in [0.2, 0.25) is 0 Å². The molecule has 2 unspecified atom stereocenters. The quantitative estimate of drug-likeness (QED) is 0.107. The number of hydrogen-bond acceptors (Lipinski definition) is 4. The van der Waals surface area contributed by atoms with Gasteiger partial charge in [-0.15, -0.1) is 0 Å². The van der Waals surface area contributed by atoms with Crippen molar-refractivity contribution >= 4 is 86.8 Å². The molecular weight excluding hydrogens is 718 g/mol. The summed E-state index contributed by atoms with van der Waals surface area (Å²) in [5.74, 6) is 3.58. The Bertz CT molecular complexity index is 1050. The molecule has 2 nitrogen and oxygen atoms in total. The average Bonchev–Trinajstić information content (AvgIpc) is 3.50. The normalized spacial score (nSPS) is 13.7. The summed E-state index contributed by atoms with van der Waals surface area (Å²) >= 11 is 0.234. The Morgan fingerprint density at radius 3 is 1.66 bits per heavy atom. The van der Waals surface area contributed by atoms with E-state index in [9.17, 15) is 0 Å². The number of benzene rings is 1. The summed E-state index contributed by atoms with van der Waals surface area (Å²) in [5, 5.41) is 2.65. The van der Waals surface area contributed by atoms with Crippen LogP contribution in [0.25, 0.3) is 20.2 Å². The van der Waals surface area contributed by atoms with Crippen LogP contribution in [0.3, 0.4) is 0 Å². The van der Waals surface area contributed by atoms with Crippen LogP contribution in [0.4, 0.5) is 0 Å². The van der Waals surface area contributed by atoms with Crippen molar-refractivity contribution in [1.82, 2.24) is 0 Å². The van der Waals surface area contributed by atoms with Gasteiger partial charge in [0.05, 0.1) is 0 Å². The zero-order valence-corrected chi connectivity index (χ0v) is 33.4. The first-order chi connectivity index (χ1) is 17.6. The van der Waals surface area contributed by atoms with Crippen LogP contribution in [0.15, 0.2) is 12.1 Å². The van der Waals surface area contributed by atoms with Gasteiger partial charge >= 0.3 is 249 Å². The van der Waals surface area contributed by atoms with Crippen LogP contribution < -0.4 is 15.3 Å². The van der Waals surface area contributed by atoms with E-state index in [1.165, 1.54) is 71.5 Å². The molecule has 2 heterocycles. The molecule has 3 rings (SSSR count). The molecule has 0 spiro atoms. The predicted molar refractivity (Wildman–Crippen MR) is 181 cm³/mol. The topological polar surface area (TPSA) is 18.5 Å². The summed E-state index contributed by atoms with van der Waals surface area (Å²) in [4.78, 5) is 12.6. The molecule has 213 valence electrons. The first-order valence-corrected chi connectivity index (χ1v) is 33.5. The molecule has 0 aliphatic heterocycles. The van der Waals surface area contributed by atoms with Gasteiger partial charge in [0.15, 0.2) is 0 Å². The maximum atomic E-state index is 6.86. The molecule has 1 aromatic carbocycles. The summed E-state index contributed by atoms with van der Waals surface area (Å²) in [6.07, 6.45) is 10.0. The Labute approximate surface area is 253 Å². The largest absolute Gasteiger partial charge is 0.0467 e. The van der Waals surface area contributed by atoms with Gasteiger partial charge in [-0.05, 0) is 0 Å². The molecular formula is C32H54O2S2Sn2+. The fourth-order valence-electron chi connectivity index (χ4n) is 4.80. The minimum absolute atomic E-state index is 0. The zero-order chi connectivity index (χ0) is 27.2. The van der Waals surface area contributed by atoms with Crippen LogP contribution in [-0.2, 0) is 0 Å². The molecule has 0 aliphatic carbocycles. The van der Waals surface area contributed by atoms with Gasteiger partial charge in [-0.25, -0.2) is 0 Å². The van der Waals surface area contributed by atoms with E-state index in [0.29, 0.717) is 11.8 Å². The molecule has 2 aromatic heterocycles. The molecule has 0 fully saturated rings. The second-order valence-electron chi connectivity index (χ2n) is 12.1. The molecule has 0 saturated heterocycles. The van der Waals surface area contributed by atoms with Gasteiger partial charge in [-0.1, -0.05) is 0 Å². The number of thiophene rings is 2. The molecule has 3 aromatic rings. The van der Waals surface area contributed by atoms with Gasteiger partial charge in [-0.3, -0.25) is 0 Å². The Kier molecular flexibility index (Phi) is 14.5. The predicted octanol–water partition coefficient (Wildman–Crippen LogP) is 10.3. The molecule has 1 radical (unpaired) electrons. The van der Waals surface area contributed by atoms with E-state index in [1.807, 2.05) is 22.7 Å². The average molecular weight is 772 g/mol. The van der Waals surface area contributed by atoms with E-state index in [4.69, 9.17) is 9.47 Å². The first-order valence-electron chi connectivity index (χ1n) is 14.7. The van der Waals surface area contributed by atoms with Crippen LogP contribution in [-0.4, -0.2) is 51.4 Å². The first kappa shape index (κ1) is 34.4. The molecule has 0 N–H and O–H groups in total. The minimum Gasteiger partial charge on any atom is 0.0467 e. The van der Waals surface area contributed by atoms with E-state index in [2.05, 4.69) is 64.5 Å². The van der Waals surface area contributed by atoms with Crippen molar-refractivity contribution in [3.63, 3.8) is 0 Å². The molecule has 2 atom stereocenters. The van der Waals surface area contributed by atoms with Crippen LogP contribution in [0.5, 0.6) is 11.5 Å². The van der Waals surface area contributed by atoms with E-state index in [1.54, 1.807) is 5.79 Å². The Hall–Kier alpha value is 0.207. The molecule has 0 saturated carbocycles. The molecule has 0 amide bonds. The maximum absolute atomic E-state index is 6.86. The van der Waals surface area contributed by atoms with Crippen molar-refractivity contribution in [3.8, 4) is 11.5 Å². The third kappa shape index (κ3) is 8.61. The van der Waals surface area contributed by atoms with Gasteiger partial charge in [0.25, 0.3) is 0 Å². The second kappa shape index (κ2) is 16.0. The molecule has 38 heavy (non-hydrogen) atoms.